The molecule has 0 aliphatic carbocycles. The van der Waals surface area contributed by atoms with Crippen molar-refractivity contribution in [3.63, 3.8) is 0 Å². The van der Waals surface area contributed by atoms with Gasteiger partial charge >= 0.3 is 5.97 Å². The Hall–Kier alpha value is -1.70. The molecule has 0 fully saturated rings. The highest BCUT2D eigenvalue weighted by Gasteiger charge is 2.26. The van der Waals surface area contributed by atoms with E-state index in [1.54, 1.807) is 6.92 Å². The van der Waals surface area contributed by atoms with Crippen LogP contribution in [0.5, 0.6) is 0 Å². The lowest BCUT2D eigenvalue weighted by Gasteiger charge is -1.97. The minimum Gasteiger partial charge on any atom is -0.477 e. The third kappa shape index (κ3) is 2.52. The molecule has 1 N–H and O–H groups in total. The Bertz CT molecular complexity index is 558. The molecule has 0 aromatic carbocycles. The van der Waals surface area contributed by atoms with Crippen molar-refractivity contribution in [3.05, 3.63) is 17.5 Å². The summed E-state index contributed by atoms with van der Waals surface area (Å²) in [4.78, 5) is 22.4. The predicted octanol–water partition coefficient (Wildman–Crippen LogP) is 0.176. The predicted molar refractivity (Wildman–Crippen MR) is 58.7 cm³/mol. The van der Waals surface area contributed by atoms with Crippen molar-refractivity contribution in [2.45, 2.75) is 20.4 Å². The van der Waals surface area contributed by atoms with Crippen LogP contribution in [0.3, 0.4) is 0 Å². The van der Waals surface area contributed by atoms with Crippen LogP contribution in [0.15, 0.2) is 6.07 Å². The molecule has 1 aromatic heterocycles. The van der Waals surface area contributed by atoms with Crippen molar-refractivity contribution in [2.75, 3.05) is 5.75 Å². The van der Waals surface area contributed by atoms with E-state index >= 15 is 0 Å². The molecule has 0 saturated carbocycles. The summed E-state index contributed by atoms with van der Waals surface area (Å²) >= 11 is 0. The number of hydrogen-bond acceptors (Lipinski definition) is 5. The number of aromatic nitrogens is 2. The van der Waals surface area contributed by atoms with Crippen LogP contribution in [0.1, 0.15) is 34.8 Å². The van der Waals surface area contributed by atoms with Gasteiger partial charge in [0.05, 0.1) is 5.75 Å². The third-order valence-corrected chi connectivity index (χ3v) is 3.70. The number of carbonyl (C=O) groups is 2. The van der Waals surface area contributed by atoms with Crippen molar-refractivity contribution in [3.8, 4) is 0 Å². The zero-order valence-electron chi connectivity index (χ0n) is 9.37. The Morgan fingerprint density at radius 1 is 1.41 bits per heavy atom. The molecule has 0 amide bonds. The van der Waals surface area contributed by atoms with Gasteiger partial charge in [-0.15, -0.1) is 0 Å². The molecule has 0 radical (unpaired) electrons. The number of rotatable bonds is 4. The van der Waals surface area contributed by atoms with Crippen LogP contribution in [0.25, 0.3) is 0 Å². The Balaban J connectivity index is 3.27. The van der Waals surface area contributed by atoms with Crippen molar-refractivity contribution in [1.82, 2.24) is 9.78 Å². The number of hydrogen-bond donors (Lipinski definition) is 1. The molecule has 8 heteroatoms. The van der Waals surface area contributed by atoms with Crippen molar-refractivity contribution in [2.24, 2.45) is 0 Å². The van der Waals surface area contributed by atoms with Crippen LogP contribution < -0.4 is 0 Å². The lowest BCUT2D eigenvalue weighted by Crippen LogP contribution is -2.17. The highest BCUT2D eigenvalue weighted by Crippen LogP contribution is 2.09. The van der Waals surface area contributed by atoms with Gasteiger partial charge < -0.3 is 5.11 Å². The largest absolute Gasteiger partial charge is 0.477 e. The van der Waals surface area contributed by atoms with E-state index in [-0.39, 0.29) is 23.7 Å². The second-order valence-electron chi connectivity index (χ2n) is 3.23. The van der Waals surface area contributed by atoms with E-state index < -0.39 is 20.9 Å². The quantitative estimate of drug-likeness (QED) is 0.827. The molecule has 1 rings (SSSR count). The first-order chi connectivity index (χ1) is 7.83. The second kappa shape index (κ2) is 4.66. The molecule has 0 spiro atoms. The molecule has 1 aromatic rings. The van der Waals surface area contributed by atoms with Crippen LogP contribution in [0.4, 0.5) is 0 Å². The first-order valence-corrected chi connectivity index (χ1v) is 6.57. The summed E-state index contributed by atoms with van der Waals surface area (Å²) in [6, 6.07) is 0.974. The Kier molecular flexibility index (Phi) is 3.66. The van der Waals surface area contributed by atoms with Crippen LogP contribution in [0, 0.1) is 0 Å². The van der Waals surface area contributed by atoms with Gasteiger partial charge in [-0.2, -0.15) is 5.10 Å². The smallest absolute Gasteiger partial charge is 0.354 e. The molecule has 0 unspecified atom stereocenters. The summed E-state index contributed by atoms with van der Waals surface area (Å²) in [6.07, 6.45) is 0. The number of carboxylic acids is 1. The molecule has 0 saturated heterocycles. The monoisotopic (exact) mass is 260 g/mol. The van der Waals surface area contributed by atoms with Crippen molar-refractivity contribution < 1.29 is 23.1 Å². The highest BCUT2D eigenvalue weighted by molar-refractivity contribution is 8.06. The summed E-state index contributed by atoms with van der Waals surface area (Å²) < 4.78 is 23.7. The number of sulfone groups is 1. The topological polar surface area (TPSA) is 106 Å². The number of carboxylic acid groups (broad SMARTS) is 1. The van der Waals surface area contributed by atoms with Crippen LogP contribution in [0.2, 0.25) is 0 Å². The van der Waals surface area contributed by atoms with Gasteiger partial charge in [0.1, 0.15) is 11.4 Å². The molecule has 0 atom stereocenters. The fourth-order valence-corrected chi connectivity index (χ4v) is 1.90. The van der Waals surface area contributed by atoms with Crippen molar-refractivity contribution >= 4 is 20.9 Å². The van der Waals surface area contributed by atoms with E-state index in [9.17, 15) is 18.0 Å². The summed E-state index contributed by atoms with van der Waals surface area (Å²) in [7, 11) is -3.90. The fraction of sp³-hybridized carbons (Fsp3) is 0.444. The summed E-state index contributed by atoms with van der Waals surface area (Å²) in [5.41, 5.74) is -0.562. The summed E-state index contributed by atoms with van der Waals surface area (Å²) in [6.45, 7) is 3.21. The standard InChI is InChI=1S/C9H12N2O5S/c1-3-11-7(8(12)13)5-6(10-11)9(14)17(15,16)4-2/h5H,3-4H2,1-2H3,(H,12,13). The Morgan fingerprint density at radius 3 is 2.35 bits per heavy atom. The zero-order chi connectivity index (χ0) is 13.2. The van der Waals surface area contributed by atoms with Gasteiger partial charge in [-0.1, -0.05) is 6.92 Å². The van der Waals surface area contributed by atoms with E-state index in [1.807, 2.05) is 0 Å². The molecule has 0 aliphatic rings. The fourth-order valence-electron chi connectivity index (χ4n) is 1.22. The first-order valence-electron chi connectivity index (χ1n) is 4.91. The average Bonchev–Trinajstić information content (AvgIpc) is 2.71. The first kappa shape index (κ1) is 13.4. The van der Waals surface area contributed by atoms with E-state index in [0.717, 1.165) is 10.7 Å². The average molecular weight is 260 g/mol. The highest BCUT2D eigenvalue weighted by atomic mass is 32.2. The van der Waals surface area contributed by atoms with Crippen LogP contribution >= 0.6 is 0 Å². The lowest BCUT2D eigenvalue weighted by atomic mass is 10.3. The Morgan fingerprint density at radius 2 is 2.00 bits per heavy atom. The van der Waals surface area contributed by atoms with Gasteiger partial charge in [0.15, 0.2) is 0 Å². The number of nitrogens with zero attached hydrogens (tertiary/aromatic N) is 2. The lowest BCUT2D eigenvalue weighted by molar-refractivity contribution is 0.0683. The maximum absolute atomic E-state index is 11.5. The molecule has 17 heavy (non-hydrogen) atoms. The minimum absolute atomic E-state index is 0.206. The van der Waals surface area contributed by atoms with E-state index in [4.69, 9.17) is 5.11 Å². The third-order valence-electron chi connectivity index (χ3n) is 2.17. The number of aromatic carboxylic acids is 1. The molecular weight excluding hydrogens is 248 g/mol. The van der Waals surface area contributed by atoms with Gasteiger partial charge in [-0.05, 0) is 6.92 Å². The molecular formula is C9H12N2O5S. The van der Waals surface area contributed by atoms with Crippen molar-refractivity contribution in [1.29, 1.82) is 0 Å². The maximum Gasteiger partial charge on any atom is 0.354 e. The van der Waals surface area contributed by atoms with Gasteiger partial charge in [0.25, 0.3) is 5.12 Å². The molecule has 7 nitrogen and oxygen atoms in total. The minimum atomic E-state index is -3.90. The van der Waals surface area contributed by atoms with Gasteiger partial charge in [0, 0.05) is 12.6 Å². The van der Waals surface area contributed by atoms with Crippen LogP contribution in [-0.4, -0.2) is 40.1 Å². The van der Waals surface area contributed by atoms with Gasteiger partial charge in [-0.25, -0.2) is 13.2 Å². The Labute approximate surface area is 98.0 Å². The van der Waals surface area contributed by atoms with E-state index in [0.29, 0.717) is 0 Å². The SMILES string of the molecule is CCn1nc(C(=O)S(=O)(=O)CC)cc1C(=O)O. The summed E-state index contributed by atoms with van der Waals surface area (Å²) in [5, 5.41) is 11.4. The second-order valence-corrected chi connectivity index (χ2v) is 5.40. The molecule has 94 valence electrons. The number of aryl methyl sites for hydroxylation is 1. The molecule has 1 heterocycles. The summed E-state index contributed by atoms with van der Waals surface area (Å²) in [5.74, 6) is -1.60. The molecule has 0 aliphatic heterocycles. The molecule has 0 bridgehead atoms. The maximum atomic E-state index is 11.5. The zero-order valence-corrected chi connectivity index (χ0v) is 10.2. The van der Waals surface area contributed by atoms with Crippen LogP contribution in [-0.2, 0) is 16.4 Å². The van der Waals surface area contributed by atoms with E-state index in [1.165, 1.54) is 6.92 Å². The number of carbonyl (C=O) groups excluding carboxylic acids is 1. The normalized spacial score (nSPS) is 11.4. The van der Waals surface area contributed by atoms with Gasteiger partial charge in [-0.3, -0.25) is 9.48 Å². The van der Waals surface area contributed by atoms with E-state index in [2.05, 4.69) is 5.10 Å². The van der Waals surface area contributed by atoms with Gasteiger partial charge in [0.2, 0.25) is 9.84 Å².